The van der Waals surface area contributed by atoms with Crippen molar-refractivity contribution in [3.63, 3.8) is 0 Å². The molecule has 2 heterocycles. The zero-order chi connectivity index (χ0) is 20.6. The van der Waals surface area contributed by atoms with Gasteiger partial charge in [0.2, 0.25) is 0 Å². The summed E-state index contributed by atoms with van der Waals surface area (Å²) in [5.41, 5.74) is 3.03. The van der Waals surface area contributed by atoms with Gasteiger partial charge in [0.15, 0.2) is 5.76 Å². The smallest absolute Gasteiger partial charge is 0.274 e. The average molecular weight is 422 g/mol. The first-order valence-electron chi connectivity index (χ1n) is 9.80. The Labute approximate surface area is 170 Å². The third kappa shape index (κ3) is 4.10. The second kappa shape index (κ2) is 7.92. The zero-order valence-corrected chi connectivity index (χ0v) is 17.5. The molecule has 2 aliphatic carbocycles. The van der Waals surface area contributed by atoms with Gasteiger partial charge in [-0.25, -0.2) is 14.8 Å². The van der Waals surface area contributed by atoms with E-state index in [4.69, 9.17) is 14.6 Å². The molecule has 1 atom stereocenters. The van der Waals surface area contributed by atoms with Crippen molar-refractivity contribution < 1.29 is 17.9 Å². The number of nitrogens with zero attached hydrogens (tertiary/aromatic N) is 3. The Bertz CT molecular complexity index is 971. The zero-order valence-electron chi connectivity index (χ0n) is 16.7. The summed E-state index contributed by atoms with van der Waals surface area (Å²) in [5, 5.41) is 5.05. The molecule has 0 bridgehead atoms. The normalized spacial score (nSPS) is 26.6. The van der Waals surface area contributed by atoms with E-state index in [1.165, 1.54) is 5.69 Å². The van der Waals surface area contributed by atoms with Gasteiger partial charge in [0, 0.05) is 25.1 Å². The van der Waals surface area contributed by atoms with Crippen LogP contribution in [0.25, 0.3) is 0 Å². The predicted molar refractivity (Wildman–Crippen MR) is 108 cm³/mol. The molecule has 0 spiro atoms. The SMILES string of the molecule is COC1=C(OC)CC2C(=C1)N=Cc1ncn(C3CCC(CNS(N)(=O)=O)CC3)c12. The minimum absolute atomic E-state index is 0.0909. The number of nitrogens with one attached hydrogen (secondary N) is 1. The highest BCUT2D eigenvalue weighted by Gasteiger charge is 2.35. The number of aromatic nitrogens is 2. The molecule has 1 aromatic rings. The highest BCUT2D eigenvalue weighted by molar-refractivity contribution is 7.87. The van der Waals surface area contributed by atoms with Crippen molar-refractivity contribution in [3.8, 4) is 0 Å². The summed E-state index contributed by atoms with van der Waals surface area (Å²) in [7, 11) is -0.335. The fourth-order valence-electron chi connectivity index (χ4n) is 4.56. The second-order valence-electron chi connectivity index (χ2n) is 7.77. The van der Waals surface area contributed by atoms with Crippen LogP contribution < -0.4 is 9.86 Å². The van der Waals surface area contributed by atoms with Crippen LogP contribution in [-0.4, -0.2) is 44.9 Å². The molecule has 158 valence electrons. The quantitative estimate of drug-likeness (QED) is 0.724. The first-order valence-corrected chi connectivity index (χ1v) is 11.3. The summed E-state index contributed by atoms with van der Waals surface area (Å²) in [4.78, 5) is 9.18. The Morgan fingerprint density at radius 3 is 2.66 bits per heavy atom. The van der Waals surface area contributed by atoms with Crippen molar-refractivity contribution in [3.05, 3.63) is 41.0 Å². The summed E-state index contributed by atoms with van der Waals surface area (Å²) >= 11 is 0. The largest absolute Gasteiger partial charge is 0.497 e. The molecule has 0 aromatic carbocycles. The van der Waals surface area contributed by atoms with E-state index in [1.54, 1.807) is 14.2 Å². The summed E-state index contributed by atoms with van der Waals surface area (Å²) in [6.07, 6.45) is 10.2. The van der Waals surface area contributed by atoms with Crippen LogP contribution in [-0.2, 0) is 19.7 Å². The van der Waals surface area contributed by atoms with E-state index in [9.17, 15) is 8.42 Å². The topological polar surface area (TPSA) is 121 Å². The maximum Gasteiger partial charge on any atom is 0.274 e. The van der Waals surface area contributed by atoms with Crippen LogP contribution in [0.15, 0.2) is 34.6 Å². The van der Waals surface area contributed by atoms with Gasteiger partial charge in [-0.1, -0.05) is 0 Å². The molecule has 29 heavy (non-hydrogen) atoms. The lowest BCUT2D eigenvalue weighted by Crippen LogP contribution is -2.36. The van der Waals surface area contributed by atoms with Gasteiger partial charge in [0.05, 0.1) is 44.1 Å². The van der Waals surface area contributed by atoms with Crippen molar-refractivity contribution in [2.45, 2.75) is 44.1 Å². The molecule has 9 nitrogen and oxygen atoms in total. The minimum Gasteiger partial charge on any atom is -0.497 e. The standard InChI is InChI=1S/C19H27N5O4S/c1-27-17-7-14-15(8-18(17)28-2)21-10-16-19(14)24(11-22-16)13-5-3-12(4-6-13)9-23-29(20,25)26/h8,10-14,23H,3-7,9H2,1-2H3,(H2,20,25,26). The van der Waals surface area contributed by atoms with Gasteiger partial charge in [-0.15, -0.1) is 0 Å². The number of aliphatic imine (C=N–C) groups is 1. The molecule has 0 amide bonds. The van der Waals surface area contributed by atoms with Crippen LogP contribution in [0.3, 0.4) is 0 Å². The molecule has 1 aromatic heterocycles. The number of imidazole rings is 1. The third-order valence-corrected chi connectivity index (χ3v) is 6.65. The van der Waals surface area contributed by atoms with Gasteiger partial charge in [-0.2, -0.15) is 8.42 Å². The van der Waals surface area contributed by atoms with E-state index >= 15 is 0 Å². The van der Waals surface area contributed by atoms with Crippen molar-refractivity contribution in [1.82, 2.24) is 14.3 Å². The maximum absolute atomic E-state index is 11.1. The molecule has 1 saturated carbocycles. The molecule has 0 saturated heterocycles. The molecule has 1 unspecified atom stereocenters. The van der Waals surface area contributed by atoms with Gasteiger partial charge in [-0.3, -0.25) is 4.99 Å². The molecular formula is C19H27N5O4S. The van der Waals surface area contributed by atoms with E-state index in [0.717, 1.165) is 42.8 Å². The highest BCUT2D eigenvalue weighted by atomic mass is 32.2. The number of fused-ring (bicyclic) bond motifs is 3. The van der Waals surface area contributed by atoms with Gasteiger partial charge >= 0.3 is 0 Å². The Kier molecular flexibility index (Phi) is 5.50. The van der Waals surface area contributed by atoms with Gasteiger partial charge in [0.25, 0.3) is 10.2 Å². The van der Waals surface area contributed by atoms with Crippen molar-refractivity contribution in [2.24, 2.45) is 16.0 Å². The van der Waals surface area contributed by atoms with Crippen molar-refractivity contribution >= 4 is 16.4 Å². The number of nitrogens with two attached hydrogens (primary N) is 1. The summed E-state index contributed by atoms with van der Waals surface area (Å²) in [6.45, 7) is 0.400. The molecule has 4 rings (SSSR count). The van der Waals surface area contributed by atoms with Gasteiger partial charge in [0.1, 0.15) is 11.5 Å². The van der Waals surface area contributed by atoms with Crippen LogP contribution in [0.4, 0.5) is 0 Å². The van der Waals surface area contributed by atoms with Gasteiger partial charge < -0.3 is 14.0 Å². The first kappa shape index (κ1) is 20.1. The minimum atomic E-state index is -3.63. The molecule has 1 fully saturated rings. The number of allylic oxidation sites excluding steroid dienone is 3. The summed E-state index contributed by atoms with van der Waals surface area (Å²) < 4.78 is 38.0. The van der Waals surface area contributed by atoms with E-state index in [-0.39, 0.29) is 5.92 Å². The number of hydrogen-bond acceptors (Lipinski definition) is 6. The van der Waals surface area contributed by atoms with E-state index in [0.29, 0.717) is 30.7 Å². The third-order valence-electron chi connectivity index (χ3n) is 6.08. The second-order valence-corrected chi connectivity index (χ2v) is 9.15. The predicted octanol–water partition coefficient (Wildman–Crippen LogP) is 1.72. The van der Waals surface area contributed by atoms with Crippen LogP contribution in [0.2, 0.25) is 0 Å². The molecule has 3 N–H and O–H groups in total. The van der Waals surface area contributed by atoms with Crippen LogP contribution in [0.5, 0.6) is 0 Å². The molecular weight excluding hydrogens is 394 g/mol. The van der Waals surface area contributed by atoms with E-state index in [1.807, 2.05) is 18.6 Å². The number of hydrogen-bond donors (Lipinski definition) is 2. The Hall–Kier alpha value is -2.17. The van der Waals surface area contributed by atoms with Crippen molar-refractivity contribution in [1.29, 1.82) is 0 Å². The lowest BCUT2D eigenvalue weighted by molar-refractivity contribution is 0.212. The van der Waals surface area contributed by atoms with E-state index < -0.39 is 10.2 Å². The number of methoxy groups -OCH3 is 2. The molecule has 10 heteroatoms. The van der Waals surface area contributed by atoms with Crippen LogP contribution >= 0.6 is 0 Å². The monoisotopic (exact) mass is 421 g/mol. The van der Waals surface area contributed by atoms with Crippen LogP contribution in [0.1, 0.15) is 55.5 Å². The average Bonchev–Trinajstić information content (AvgIpc) is 3.15. The summed E-state index contributed by atoms with van der Waals surface area (Å²) in [5.74, 6) is 1.93. The summed E-state index contributed by atoms with van der Waals surface area (Å²) in [6, 6.07) is 0.337. The number of rotatable bonds is 6. The lowest BCUT2D eigenvalue weighted by atomic mass is 9.84. The first-order chi connectivity index (χ1) is 13.9. The Morgan fingerprint density at radius 2 is 2.00 bits per heavy atom. The molecule has 3 aliphatic rings. The maximum atomic E-state index is 11.1. The fourth-order valence-corrected chi connectivity index (χ4v) is 5.03. The Morgan fingerprint density at radius 1 is 1.24 bits per heavy atom. The lowest BCUT2D eigenvalue weighted by Gasteiger charge is -2.33. The van der Waals surface area contributed by atoms with Crippen LogP contribution in [0, 0.1) is 5.92 Å². The number of ether oxygens (including phenoxy) is 2. The van der Waals surface area contributed by atoms with E-state index in [2.05, 4.69) is 19.3 Å². The van der Waals surface area contributed by atoms with Gasteiger partial charge in [-0.05, 0) is 31.6 Å². The molecule has 1 aliphatic heterocycles. The molecule has 0 radical (unpaired) electrons. The Balaban J connectivity index is 1.51. The van der Waals surface area contributed by atoms with Crippen molar-refractivity contribution in [2.75, 3.05) is 20.8 Å². The fraction of sp³-hybridized carbons (Fsp3) is 0.579. The highest BCUT2D eigenvalue weighted by Crippen LogP contribution is 2.43.